The van der Waals surface area contributed by atoms with Crippen LogP contribution in [0.5, 0.6) is 5.75 Å². The fourth-order valence-corrected chi connectivity index (χ4v) is 6.48. The van der Waals surface area contributed by atoms with Crippen LogP contribution >= 0.6 is 23.1 Å². The molecule has 0 bridgehead atoms. The first kappa shape index (κ1) is 20.5. The van der Waals surface area contributed by atoms with Gasteiger partial charge >= 0.3 is 0 Å². The van der Waals surface area contributed by atoms with Crippen molar-refractivity contribution in [1.82, 2.24) is 14.5 Å². The number of methoxy groups -OCH3 is 1. The minimum absolute atomic E-state index is 0.0465. The third-order valence-electron chi connectivity index (χ3n) is 5.93. The number of nitrogens with zero attached hydrogens (tertiary/aromatic N) is 3. The van der Waals surface area contributed by atoms with E-state index in [1.165, 1.54) is 47.9 Å². The van der Waals surface area contributed by atoms with Crippen LogP contribution in [0.15, 0.2) is 39.6 Å². The highest BCUT2D eigenvalue weighted by molar-refractivity contribution is 8.02. The zero-order chi connectivity index (χ0) is 21.4. The zero-order valence-electron chi connectivity index (χ0n) is 17.3. The van der Waals surface area contributed by atoms with Crippen molar-refractivity contribution in [1.29, 1.82) is 0 Å². The zero-order valence-corrected chi connectivity index (χ0v) is 18.9. The van der Waals surface area contributed by atoms with Crippen molar-refractivity contribution in [3.05, 3.63) is 46.5 Å². The summed E-state index contributed by atoms with van der Waals surface area (Å²) in [5.74, 6) is 1.15. The summed E-state index contributed by atoms with van der Waals surface area (Å²) in [7, 11) is 1.67. The summed E-state index contributed by atoms with van der Waals surface area (Å²) in [5, 5.41) is 2.88. The molecule has 0 unspecified atom stereocenters. The number of fused-ring (bicyclic) bond motifs is 3. The minimum Gasteiger partial charge on any atom is -0.497 e. The Kier molecular flexibility index (Phi) is 5.73. The molecule has 7 nitrogen and oxygen atoms in total. The summed E-state index contributed by atoms with van der Waals surface area (Å²) in [6.45, 7) is 2.59. The van der Waals surface area contributed by atoms with Gasteiger partial charge in [-0.25, -0.2) is 4.98 Å². The maximum Gasteiger partial charge on any atom is 0.271 e. The SMILES string of the molecule is COc1ccc([C@H](Cn2cnc3c4c(sc3c2=O)SCC(=O)N4)N2CCCCC2)cc1. The van der Waals surface area contributed by atoms with Gasteiger partial charge < -0.3 is 10.1 Å². The van der Waals surface area contributed by atoms with E-state index in [4.69, 9.17) is 4.74 Å². The molecule has 1 atom stereocenters. The highest BCUT2D eigenvalue weighted by atomic mass is 32.2. The maximum absolute atomic E-state index is 13.4. The number of carbonyl (C=O) groups is 1. The molecule has 0 aliphatic carbocycles. The lowest BCUT2D eigenvalue weighted by Gasteiger charge is -2.35. The number of hydrogen-bond acceptors (Lipinski definition) is 7. The lowest BCUT2D eigenvalue weighted by Crippen LogP contribution is -2.37. The van der Waals surface area contributed by atoms with Gasteiger partial charge in [-0.15, -0.1) is 23.1 Å². The third-order valence-corrected chi connectivity index (χ3v) is 8.37. The number of aromatic nitrogens is 2. The van der Waals surface area contributed by atoms with Crippen molar-refractivity contribution >= 4 is 44.9 Å². The summed E-state index contributed by atoms with van der Waals surface area (Å²) < 4.78 is 8.60. The van der Waals surface area contributed by atoms with Crippen LogP contribution in [0, 0.1) is 0 Å². The minimum atomic E-state index is -0.0483. The van der Waals surface area contributed by atoms with Gasteiger partial charge in [0.1, 0.15) is 16.0 Å². The molecular formula is C22H24N4O3S2. The Morgan fingerprint density at radius 1 is 1.16 bits per heavy atom. The van der Waals surface area contributed by atoms with Gasteiger partial charge in [-0.1, -0.05) is 18.6 Å². The molecule has 162 valence electrons. The molecule has 3 aromatic rings. The number of likely N-dealkylation sites (tertiary alicyclic amines) is 1. The Labute approximate surface area is 188 Å². The highest BCUT2D eigenvalue weighted by Crippen LogP contribution is 2.42. The van der Waals surface area contributed by atoms with Gasteiger partial charge in [-0.05, 0) is 43.6 Å². The highest BCUT2D eigenvalue weighted by Gasteiger charge is 2.26. The number of hydrogen-bond donors (Lipinski definition) is 1. The number of benzene rings is 1. The maximum atomic E-state index is 13.4. The number of piperidine rings is 1. The van der Waals surface area contributed by atoms with E-state index in [1.807, 2.05) is 12.1 Å². The lowest BCUT2D eigenvalue weighted by molar-refractivity contribution is -0.113. The van der Waals surface area contributed by atoms with Crippen molar-refractivity contribution in [2.45, 2.75) is 36.1 Å². The molecule has 2 aromatic heterocycles. The number of thiophene rings is 1. The van der Waals surface area contributed by atoms with Gasteiger partial charge in [0.25, 0.3) is 5.56 Å². The third kappa shape index (κ3) is 3.97. The van der Waals surface area contributed by atoms with Crippen molar-refractivity contribution < 1.29 is 9.53 Å². The summed E-state index contributed by atoms with van der Waals surface area (Å²) >= 11 is 2.90. The van der Waals surface area contributed by atoms with Crippen LogP contribution in [0.4, 0.5) is 5.69 Å². The largest absolute Gasteiger partial charge is 0.497 e. The molecule has 31 heavy (non-hydrogen) atoms. The van der Waals surface area contributed by atoms with E-state index in [0.29, 0.717) is 28.2 Å². The van der Waals surface area contributed by atoms with Gasteiger partial charge in [0, 0.05) is 6.54 Å². The van der Waals surface area contributed by atoms with E-state index in [0.717, 1.165) is 23.0 Å². The lowest BCUT2D eigenvalue weighted by atomic mass is 10.0. The second-order valence-electron chi connectivity index (χ2n) is 7.87. The van der Waals surface area contributed by atoms with Crippen molar-refractivity contribution in [2.75, 3.05) is 31.3 Å². The van der Waals surface area contributed by atoms with E-state index in [9.17, 15) is 9.59 Å². The predicted molar refractivity (Wildman–Crippen MR) is 124 cm³/mol. The number of thioether (sulfide) groups is 1. The van der Waals surface area contributed by atoms with Crippen LogP contribution in [0.3, 0.4) is 0 Å². The molecule has 1 saturated heterocycles. The summed E-state index contributed by atoms with van der Waals surface area (Å²) in [6.07, 6.45) is 5.23. The van der Waals surface area contributed by atoms with Gasteiger partial charge in [-0.2, -0.15) is 0 Å². The number of carbonyl (C=O) groups excluding carboxylic acids is 1. The molecule has 2 aliphatic rings. The first-order valence-electron chi connectivity index (χ1n) is 10.5. The number of nitrogens with one attached hydrogen (secondary N) is 1. The average molecular weight is 457 g/mol. The first-order valence-corrected chi connectivity index (χ1v) is 12.3. The second kappa shape index (κ2) is 8.64. The summed E-state index contributed by atoms with van der Waals surface area (Å²) in [5.41, 5.74) is 2.41. The number of amides is 1. The Bertz CT molecular complexity index is 1170. The molecule has 0 saturated carbocycles. The average Bonchev–Trinajstić information content (AvgIpc) is 3.18. The van der Waals surface area contributed by atoms with Crippen LogP contribution < -0.4 is 15.6 Å². The van der Waals surface area contributed by atoms with E-state index in [2.05, 4.69) is 27.3 Å². The van der Waals surface area contributed by atoms with Crippen LogP contribution in [-0.4, -0.2) is 46.3 Å². The van der Waals surface area contributed by atoms with Gasteiger partial charge in [0.2, 0.25) is 5.91 Å². The topological polar surface area (TPSA) is 76.5 Å². The second-order valence-corrected chi connectivity index (χ2v) is 10.1. The number of ether oxygens (including phenoxy) is 1. The Balaban J connectivity index is 1.51. The molecule has 1 N–H and O–H groups in total. The molecule has 5 rings (SSSR count). The Morgan fingerprint density at radius 3 is 2.68 bits per heavy atom. The van der Waals surface area contributed by atoms with Crippen LogP contribution in [0.2, 0.25) is 0 Å². The van der Waals surface area contributed by atoms with E-state index < -0.39 is 0 Å². The Hall–Kier alpha value is -2.36. The van der Waals surface area contributed by atoms with Crippen LogP contribution in [0.1, 0.15) is 30.9 Å². The standard InChI is InChI=1S/C22H24N4O3S2/c1-29-15-7-5-14(6-8-15)16(25-9-3-2-4-10-25)11-26-13-23-18-19-22(30-12-17(27)24-19)31-20(18)21(26)28/h5-8,13,16H,2-4,9-12H2,1H3,(H,24,27)/t16-/m0/s1. The van der Waals surface area contributed by atoms with E-state index >= 15 is 0 Å². The summed E-state index contributed by atoms with van der Waals surface area (Å²) in [6, 6.07) is 8.22. The van der Waals surface area contributed by atoms with Crippen molar-refractivity contribution in [2.24, 2.45) is 0 Å². The van der Waals surface area contributed by atoms with E-state index in [1.54, 1.807) is 18.0 Å². The monoisotopic (exact) mass is 456 g/mol. The van der Waals surface area contributed by atoms with Crippen molar-refractivity contribution in [3.8, 4) is 5.75 Å². The first-order chi connectivity index (χ1) is 15.1. The molecular weight excluding hydrogens is 432 g/mol. The molecule has 4 heterocycles. The fraction of sp³-hybridized carbons (Fsp3) is 0.409. The predicted octanol–water partition coefficient (Wildman–Crippen LogP) is 3.74. The molecule has 1 fully saturated rings. The molecule has 1 aromatic carbocycles. The van der Waals surface area contributed by atoms with Crippen LogP contribution in [0.25, 0.3) is 10.2 Å². The number of anilines is 1. The number of rotatable bonds is 5. The molecule has 2 aliphatic heterocycles. The van der Waals surface area contributed by atoms with Crippen LogP contribution in [-0.2, 0) is 11.3 Å². The van der Waals surface area contributed by atoms with Gasteiger partial charge in [0.05, 0.1) is 35.1 Å². The van der Waals surface area contributed by atoms with Gasteiger partial charge in [-0.3, -0.25) is 19.1 Å². The van der Waals surface area contributed by atoms with Crippen molar-refractivity contribution in [3.63, 3.8) is 0 Å². The molecule has 0 radical (unpaired) electrons. The fourth-order valence-electron chi connectivity index (χ4n) is 4.30. The quantitative estimate of drug-likeness (QED) is 0.630. The van der Waals surface area contributed by atoms with Gasteiger partial charge in [0.15, 0.2) is 0 Å². The summed E-state index contributed by atoms with van der Waals surface area (Å²) in [4.78, 5) is 32.2. The smallest absolute Gasteiger partial charge is 0.271 e. The normalized spacial score (nSPS) is 17.9. The molecule has 0 spiro atoms. The Morgan fingerprint density at radius 2 is 1.94 bits per heavy atom. The van der Waals surface area contributed by atoms with E-state index in [-0.39, 0.29) is 17.5 Å². The molecule has 9 heteroatoms. The molecule has 1 amide bonds.